The third-order valence-electron chi connectivity index (χ3n) is 4.84. The number of nitrogens with zero attached hydrogens (tertiary/aromatic N) is 3. The maximum atomic E-state index is 12.9. The highest BCUT2D eigenvalue weighted by Gasteiger charge is 2.30. The molecule has 0 N–H and O–H groups in total. The molecule has 0 amide bonds. The summed E-state index contributed by atoms with van der Waals surface area (Å²) < 4.78 is 38.3. The first kappa shape index (κ1) is 20.5. The lowest BCUT2D eigenvalue weighted by molar-refractivity contribution is 0.128. The van der Waals surface area contributed by atoms with Crippen LogP contribution in [0.3, 0.4) is 0 Å². The van der Waals surface area contributed by atoms with Crippen molar-refractivity contribution >= 4 is 10.0 Å². The van der Waals surface area contributed by atoms with E-state index in [1.165, 1.54) is 11.4 Å². The van der Waals surface area contributed by atoms with Crippen molar-refractivity contribution in [3.8, 4) is 11.9 Å². The molecule has 1 aromatic carbocycles. The van der Waals surface area contributed by atoms with E-state index < -0.39 is 10.0 Å². The van der Waals surface area contributed by atoms with E-state index >= 15 is 0 Å². The summed E-state index contributed by atoms with van der Waals surface area (Å²) in [6, 6.07) is 9.10. The van der Waals surface area contributed by atoms with Gasteiger partial charge in [0.2, 0.25) is 15.9 Å². The van der Waals surface area contributed by atoms with Crippen molar-refractivity contribution in [2.45, 2.75) is 50.0 Å². The van der Waals surface area contributed by atoms with Gasteiger partial charge in [0.15, 0.2) is 0 Å². The van der Waals surface area contributed by atoms with E-state index in [2.05, 4.69) is 30.7 Å². The van der Waals surface area contributed by atoms with Crippen LogP contribution in [0.15, 0.2) is 41.4 Å². The predicted molar refractivity (Wildman–Crippen MR) is 106 cm³/mol. The SMILES string of the molecule is COc1nccc(OC2CCN(S(=O)(=O)c3ccc(C(C)(C)C)cc3)CC2)n1. The Labute approximate surface area is 166 Å². The molecule has 8 heteroatoms. The molecule has 2 aromatic rings. The molecule has 1 fully saturated rings. The second-order valence-corrected chi connectivity index (χ2v) is 9.82. The van der Waals surface area contributed by atoms with Crippen molar-refractivity contribution in [1.82, 2.24) is 14.3 Å². The van der Waals surface area contributed by atoms with E-state index in [9.17, 15) is 8.42 Å². The molecule has 1 aliphatic rings. The van der Waals surface area contributed by atoms with Crippen molar-refractivity contribution in [3.63, 3.8) is 0 Å². The molecule has 0 spiro atoms. The van der Waals surface area contributed by atoms with Gasteiger partial charge in [-0.05, 0) is 36.0 Å². The molecule has 152 valence electrons. The van der Waals surface area contributed by atoms with Gasteiger partial charge in [0, 0.05) is 25.4 Å². The van der Waals surface area contributed by atoms with E-state index in [4.69, 9.17) is 9.47 Å². The minimum Gasteiger partial charge on any atom is -0.474 e. The molecule has 2 heterocycles. The number of rotatable bonds is 5. The van der Waals surface area contributed by atoms with E-state index in [0.29, 0.717) is 36.7 Å². The molecule has 0 atom stereocenters. The van der Waals surface area contributed by atoms with Crippen LogP contribution in [0.5, 0.6) is 11.9 Å². The first-order chi connectivity index (χ1) is 13.2. The fourth-order valence-corrected chi connectivity index (χ4v) is 4.60. The van der Waals surface area contributed by atoms with E-state index in [1.54, 1.807) is 24.4 Å². The van der Waals surface area contributed by atoms with Crippen LogP contribution in [0, 0.1) is 0 Å². The summed E-state index contributed by atoms with van der Waals surface area (Å²) in [4.78, 5) is 8.42. The lowest BCUT2D eigenvalue weighted by atomic mass is 9.87. The Kier molecular flexibility index (Phi) is 5.90. The van der Waals surface area contributed by atoms with Crippen LogP contribution in [0.1, 0.15) is 39.2 Å². The van der Waals surface area contributed by atoms with Gasteiger partial charge in [0.25, 0.3) is 0 Å². The number of methoxy groups -OCH3 is 1. The fourth-order valence-electron chi connectivity index (χ4n) is 3.13. The normalized spacial score (nSPS) is 16.7. The zero-order valence-corrected chi connectivity index (χ0v) is 17.6. The van der Waals surface area contributed by atoms with Crippen LogP contribution in [-0.2, 0) is 15.4 Å². The van der Waals surface area contributed by atoms with Gasteiger partial charge in [-0.15, -0.1) is 0 Å². The highest BCUT2D eigenvalue weighted by Crippen LogP contribution is 2.27. The van der Waals surface area contributed by atoms with Crippen molar-refractivity contribution in [3.05, 3.63) is 42.1 Å². The summed E-state index contributed by atoms with van der Waals surface area (Å²) in [5.41, 5.74) is 1.10. The van der Waals surface area contributed by atoms with Gasteiger partial charge >= 0.3 is 6.01 Å². The molecule has 3 rings (SSSR count). The van der Waals surface area contributed by atoms with E-state index in [0.717, 1.165) is 5.56 Å². The van der Waals surface area contributed by atoms with Gasteiger partial charge in [-0.25, -0.2) is 13.4 Å². The van der Waals surface area contributed by atoms with Crippen LogP contribution in [0.4, 0.5) is 0 Å². The van der Waals surface area contributed by atoms with Crippen LogP contribution in [0.25, 0.3) is 0 Å². The van der Waals surface area contributed by atoms with Gasteiger partial charge in [-0.1, -0.05) is 32.9 Å². The second-order valence-electron chi connectivity index (χ2n) is 7.88. The number of hydrogen-bond donors (Lipinski definition) is 0. The van der Waals surface area contributed by atoms with Gasteiger partial charge in [0.1, 0.15) is 6.10 Å². The molecule has 0 unspecified atom stereocenters. The number of aromatic nitrogens is 2. The Morgan fingerprint density at radius 2 is 1.71 bits per heavy atom. The highest BCUT2D eigenvalue weighted by molar-refractivity contribution is 7.89. The first-order valence-electron chi connectivity index (χ1n) is 9.34. The van der Waals surface area contributed by atoms with Gasteiger partial charge in [0.05, 0.1) is 12.0 Å². The lowest BCUT2D eigenvalue weighted by Crippen LogP contribution is -2.41. The van der Waals surface area contributed by atoms with Crippen molar-refractivity contribution in [1.29, 1.82) is 0 Å². The summed E-state index contributed by atoms with van der Waals surface area (Å²) in [6.07, 6.45) is 2.69. The quantitative estimate of drug-likeness (QED) is 0.761. The average molecular weight is 406 g/mol. The van der Waals surface area contributed by atoms with Crippen LogP contribution < -0.4 is 9.47 Å². The summed E-state index contributed by atoms with van der Waals surface area (Å²) in [6.45, 7) is 7.14. The smallest absolute Gasteiger partial charge is 0.319 e. The fraction of sp³-hybridized carbons (Fsp3) is 0.500. The lowest BCUT2D eigenvalue weighted by Gasteiger charge is -2.31. The Morgan fingerprint density at radius 1 is 1.07 bits per heavy atom. The Morgan fingerprint density at radius 3 is 2.29 bits per heavy atom. The molecular formula is C20H27N3O4S. The number of piperidine rings is 1. The zero-order chi connectivity index (χ0) is 20.4. The molecule has 28 heavy (non-hydrogen) atoms. The summed E-state index contributed by atoms with van der Waals surface area (Å²) >= 11 is 0. The minimum atomic E-state index is -3.50. The van der Waals surface area contributed by atoms with Gasteiger partial charge < -0.3 is 9.47 Å². The van der Waals surface area contributed by atoms with Gasteiger partial charge in [-0.3, -0.25) is 0 Å². The third kappa shape index (κ3) is 4.62. The molecule has 0 aliphatic carbocycles. The summed E-state index contributed by atoms with van der Waals surface area (Å²) in [5, 5.41) is 0. The summed E-state index contributed by atoms with van der Waals surface area (Å²) in [5.74, 6) is 0.436. The van der Waals surface area contributed by atoms with Crippen molar-refractivity contribution < 1.29 is 17.9 Å². The standard InChI is InChI=1S/C20H27N3O4S/c1-20(2,3)15-5-7-17(8-6-15)28(24,25)23-13-10-16(11-14-23)27-18-9-12-21-19(22-18)26-4/h5-9,12,16H,10-11,13-14H2,1-4H3. The molecule has 0 radical (unpaired) electrons. The zero-order valence-electron chi connectivity index (χ0n) is 16.8. The second kappa shape index (κ2) is 8.05. The maximum Gasteiger partial charge on any atom is 0.319 e. The summed E-state index contributed by atoms with van der Waals surface area (Å²) in [7, 11) is -2.00. The topological polar surface area (TPSA) is 81.6 Å². The van der Waals surface area contributed by atoms with Crippen LogP contribution in [0.2, 0.25) is 0 Å². The molecular weight excluding hydrogens is 378 g/mol. The largest absolute Gasteiger partial charge is 0.474 e. The van der Waals surface area contributed by atoms with Gasteiger partial charge in [-0.2, -0.15) is 9.29 Å². The van der Waals surface area contributed by atoms with E-state index in [1.807, 2.05) is 12.1 Å². The van der Waals surface area contributed by atoms with Crippen molar-refractivity contribution in [2.24, 2.45) is 0 Å². The molecule has 1 aliphatic heterocycles. The number of sulfonamides is 1. The van der Waals surface area contributed by atoms with E-state index in [-0.39, 0.29) is 17.5 Å². The monoisotopic (exact) mass is 405 g/mol. The first-order valence-corrected chi connectivity index (χ1v) is 10.8. The molecule has 7 nitrogen and oxygen atoms in total. The molecule has 0 saturated carbocycles. The Hall–Kier alpha value is -2.19. The predicted octanol–water partition coefficient (Wildman–Crippen LogP) is 3.01. The van der Waals surface area contributed by atoms with Crippen LogP contribution in [-0.4, -0.2) is 49.0 Å². The Bertz CT molecular complexity index is 900. The average Bonchev–Trinajstić information content (AvgIpc) is 2.68. The number of ether oxygens (including phenoxy) is 2. The van der Waals surface area contributed by atoms with Crippen molar-refractivity contribution in [2.75, 3.05) is 20.2 Å². The maximum absolute atomic E-state index is 12.9. The Balaban J connectivity index is 1.63. The molecule has 1 saturated heterocycles. The molecule has 1 aromatic heterocycles. The highest BCUT2D eigenvalue weighted by atomic mass is 32.2. The molecule has 0 bridgehead atoms. The van der Waals surface area contributed by atoms with Crippen LogP contribution >= 0.6 is 0 Å². The number of benzene rings is 1. The minimum absolute atomic E-state index is 0.0123. The number of hydrogen-bond acceptors (Lipinski definition) is 6. The third-order valence-corrected chi connectivity index (χ3v) is 6.75.